The van der Waals surface area contributed by atoms with E-state index in [1.54, 1.807) is 4.90 Å². The van der Waals surface area contributed by atoms with Crippen molar-refractivity contribution < 1.29 is 24.2 Å². The molecule has 2 fully saturated rings. The lowest BCUT2D eigenvalue weighted by atomic mass is 10.0. The van der Waals surface area contributed by atoms with Gasteiger partial charge < -0.3 is 34.2 Å². The summed E-state index contributed by atoms with van der Waals surface area (Å²) in [7, 11) is 0. The standard InChI is InChI=1S/C34H40BrN7O5/c1-34(2,3)47-33(45)42-15-6-9-24(42)21-46-31-37-27-20-39(28-11-5-8-22-7-4-10-26(35)29(22)28)16-13-25(27)30(38-31)40-17-18-41(32(43)44)23(19-40)12-14-36/h4-5,7-8,10-11,23-24H,6,9,12-13,15-21H2,1-3H3,(H,43,44)/t23?,24-/m0/s1. The van der Waals surface area contributed by atoms with E-state index in [1.165, 1.54) is 4.90 Å². The lowest BCUT2D eigenvalue weighted by Gasteiger charge is -2.41. The second kappa shape index (κ2) is 13.4. The number of hydrogen-bond donors (Lipinski definition) is 1. The molecule has 47 heavy (non-hydrogen) atoms. The predicted molar refractivity (Wildman–Crippen MR) is 181 cm³/mol. The quantitative estimate of drug-likeness (QED) is 0.334. The van der Waals surface area contributed by atoms with Crippen molar-refractivity contribution in [2.75, 3.05) is 49.1 Å². The van der Waals surface area contributed by atoms with Gasteiger partial charge >= 0.3 is 18.2 Å². The van der Waals surface area contributed by atoms with Crippen molar-refractivity contribution in [3.05, 3.63) is 52.1 Å². The van der Waals surface area contributed by atoms with Gasteiger partial charge in [0.15, 0.2) is 0 Å². The molecule has 6 rings (SSSR count). The third-order valence-electron chi connectivity index (χ3n) is 8.96. The van der Waals surface area contributed by atoms with Crippen LogP contribution in [0, 0.1) is 11.3 Å². The van der Waals surface area contributed by atoms with Gasteiger partial charge in [-0.3, -0.25) is 0 Å². The molecule has 1 aromatic heterocycles. The molecule has 2 saturated heterocycles. The van der Waals surface area contributed by atoms with Gasteiger partial charge in [-0.1, -0.05) is 40.2 Å². The lowest BCUT2D eigenvalue weighted by Crippen LogP contribution is -2.55. The topological polar surface area (TPSA) is 135 Å². The molecule has 0 saturated carbocycles. The molecule has 13 heteroatoms. The Kier molecular flexibility index (Phi) is 9.32. The molecular formula is C34H40BrN7O5. The van der Waals surface area contributed by atoms with E-state index >= 15 is 0 Å². The molecule has 3 aromatic rings. The van der Waals surface area contributed by atoms with Crippen LogP contribution in [-0.4, -0.2) is 94.1 Å². The number of fused-ring (bicyclic) bond motifs is 2. The number of nitrogens with zero attached hydrogens (tertiary/aromatic N) is 7. The smallest absolute Gasteiger partial charge is 0.410 e. The average molecular weight is 707 g/mol. The molecule has 12 nitrogen and oxygen atoms in total. The Morgan fingerprint density at radius 1 is 1.04 bits per heavy atom. The first-order valence-corrected chi connectivity index (χ1v) is 16.9. The number of hydrogen-bond acceptors (Lipinski definition) is 9. The SMILES string of the molecule is CC(C)(C)OC(=O)N1CCC[C@H]1COc1nc2c(c(N3CCN(C(=O)O)C(CC#N)C3)n1)CCN(c1cccc3cccc(Br)c13)C2. The van der Waals surface area contributed by atoms with Crippen LogP contribution in [0.1, 0.15) is 51.3 Å². The Hall–Kier alpha value is -4.31. The first-order valence-electron chi connectivity index (χ1n) is 16.1. The zero-order valence-electron chi connectivity index (χ0n) is 27.0. The minimum Gasteiger partial charge on any atom is -0.465 e. The van der Waals surface area contributed by atoms with Crippen molar-refractivity contribution in [1.29, 1.82) is 5.26 Å². The Balaban J connectivity index is 1.31. The van der Waals surface area contributed by atoms with E-state index in [2.05, 4.69) is 56.1 Å². The summed E-state index contributed by atoms with van der Waals surface area (Å²) in [5, 5.41) is 21.5. The molecular weight excluding hydrogens is 666 g/mol. The Labute approximate surface area is 283 Å². The van der Waals surface area contributed by atoms with Gasteiger partial charge in [0.05, 0.1) is 36.8 Å². The zero-order valence-corrected chi connectivity index (χ0v) is 28.6. The number of piperazine rings is 1. The molecule has 2 atom stereocenters. The molecule has 0 radical (unpaired) electrons. The van der Waals surface area contributed by atoms with Crippen LogP contribution in [0.3, 0.4) is 0 Å². The molecule has 1 N–H and O–H groups in total. The molecule has 2 amide bonds. The monoisotopic (exact) mass is 705 g/mol. The fraction of sp³-hybridized carbons (Fsp3) is 0.500. The van der Waals surface area contributed by atoms with E-state index in [0.717, 1.165) is 51.6 Å². The van der Waals surface area contributed by atoms with Gasteiger partial charge in [-0.15, -0.1) is 0 Å². The maximum Gasteiger partial charge on any atom is 0.410 e. The van der Waals surface area contributed by atoms with Crippen LogP contribution < -0.4 is 14.5 Å². The number of carboxylic acid groups (broad SMARTS) is 1. The predicted octanol–water partition coefficient (Wildman–Crippen LogP) is 5.82. The van der Waals surface area contributed by atoms with Crippen LogP contribution in [0.5, 0.6) is 6.01 Å². The van der Waals surface area contributed by atoms with Gasteiger partial charge in [0.25, 0.3) is 0 Å². The number of rotatable bonds is 6. The third-order valence-corrected chi connectivity index (χ3v) is 9.62. The van der Waals surface area contributed by atoms with Gasteiger partial charge in [0.2, 0.25) is 0 Å². The van der Waals surface area contributed by atoms with Gasteiger partial charge in [-0.2, -0.15) is 15.2 Å². The van der Waals surface area contributed by atoms with Gasteiger partial charge in [0.1, 0.15) is 18.0 Å². The molecule has 0 spiro atoms. The summed E-state index contributed by atoms with van der Waals surface area (Å²) in [5.74, 6) is 0.715. The van der Waals surface area contributed by atoms with E-state index in [0.29, 0.717) is 38.4 Å². The largest absolute Gasteiger partial charge is 0.465 e. The number of carbonyl (C=O) groups is 2. The van der Waals surface area contributed by atoms with Crippen molar-refractivity contribution in [1.82, 2.24) is 19.8 Å². The summed E-state index contributed by atoms with van der Waals surface area (Å²) >= 11 is 3.75. The normalized spacial score (nSPS) is 19.8. The zero-order chi connectivity index (χ0) is 33.3. The molecule has 248 valence electrons. The molecule has 4 heterocycles. The van der Waals surface area contributed by atoms with Crippen LogP contribution >= 0.6 is 15.9 Å². The number of anilines is 2. The van der Waals surface area contributed by atoms with Crippen molar-refractivity contribution >= 4 is 50.4 Å². The maximum absolute atomic E-state index is 12.9. The fourth-order valence-corrected chi connectivity index (χ4v) is 7.36. The highest BCUT2D eigenvalue weighted by molar-refractivity contribution is 9.10. The van der Waals surface area contributed by atoms with E-state index in [4.69, 9.17) is 19.4 Å². The number of nitriles is 1. The average Bonchev–Trinajstić information content (AvgIpc) is 3.51. The van der Waals surface area contributed by atoms with E-state index in [1.807, 2.05) is 32.9 Å². The van der Waals surface area contributed by atoms with Crippen LogP contribution in [-0.2, 0) is 17.7 Å². The van der Waals surface area contributed by atoms with Crippen LogP contribution in [0.4, 0.5) is 21.1 Å². The summed E-state index contributed by atoms with van der Waals surface area (Å²) in [6, 6.07) is 14.2. The fourth-order valence-electron chi connectivity index (χ4n) is 6.78. The van der Waals surface area contributed by atoms with Crippen LogP contribution in [0.25, 0.3) is 10.8 Å². The molecule has 0 aliphatic carbocycles. The van der Waals surface area contributed by atoms with E-state index in [9.17, 15) is 20.0 Å². The van der Waals surface area contributed by atoms with Gasteiger partial charge in [-0.05, 0) is 57.6 Å². The number of carbonyl (C=O) groups excluding carboxylic acids is 1. The second-order valence-corrected chi connectivity index (χ2v) is 14.1. The Morgan fingerprint density at radius 2 is 1.83 bits per heavy atom. The van der Waals surface area contributed by atoms with Crippen molar-refractivity contribution in [2.24, 2.45) is 0 Å². The molecule has 3 aliphatic rings. The maximum atomic E-state index is 12.9. The lowest BCUT2D eigenvalue weighted by molar-refractivity contribution is 0.0183. The van der Waals surface area contributed by atoms with Crippen LogP contribution in [0.15, 0.2) is 40.9 Å². The van der Waals surface area contributed by atoms with Crippen molar-refractivity contribution in [3.8, 4) is 12.1 Å². The number of likely N-dealkylation sites (tertiary alicyclic amines) is 1. The van der Waals surface area contributed by atoms with Crippen LogP contribution in [0.2, 0.25) is 0 Å². The molecule has 2 aromatic carbocycles. The number of benzene rings is 2. The third kappa shape index (κ3) is 7.02. The van der Waals surface area contributed by atoms with Gasteiger partial charge in [-0.25, -0.2) is 9.59 Å². The highest BCUT2D eigenvalue weighted by atomic mass is 79.9. The van der Waals surface area contributed by atoms with Gasteiger partial charge in [0, 0.05) is 53.8 Å². The summed E-state index contributed by atoms with van der Waals surface area (Å²) in [6.45, 7) is 8.71. The first-order chi connectivity index (χ1) is 22.5. The number of aromatic nitrogens is 2. The summed E-state index contributed by atoms with van der Waals surface area (Å²) < 4.78 is 12.9. The Morgan fingerprint density at radius 3 is 2.57 bits per heavy atom. The molecule has 0 bridgehead atoms. The minimum atomic E-state index is -1.03. The summed E-state index contributed by atoms with van der Waals surface area (Å²) in [6.07, 6.45) is 1.03. The number of amides is 2. The van der Waals surface area contributed by atoms with Crippen molar-refractivity contribution in [2.45, 2.75) is 70.7 Å². The number of halogens is 1. The number of ether oxygens (including phenoxy) is 2. The highest BCUT2D eigenvalue weighted by Crippen LogP contribution is 2.37. The second-order valence-electron chi connectivity index (χ2n) is 13.3. The van der Waals surface area contributed by atoms with E-state index < -0.39 is 17.7 Å². The Bertz CT molecular complexity index is 1700. The molecule has 3 aliphatic heterocycles. The molecule has 1 unspecified atom stereocenters. The van der Waals surface area contributed by atoms with Crippen molar-refractivity contribution in [3.63, 3.8) is 0 Å². The van der Waals surface area contributed by atoms with E-state index in [-0.39, 0.29) is 37.7 Å². The summed E-state index contributed by atoms with van der Waals surface area (Å²) in [4.78, 5) is 42.1. The summed E-state index contributed by atoms with van der Waals surface area (Å²) in [5.41, 5.74) is 2.35. The highest BCUT2D eigenvalue weighted by Gasteiger charge is 2.36. The first kappa shape index (κ1) is 32.6. The minimum absolute atomic E-state index is 0.0886.